The average molecular weight is 397 g/mol. The first-order valence-corrected chi connectivity index (χ1v) is 11.4. The van der Waals surface area contributed by atoms with Gasteiger partial charge in [-0.1, -0.05) is 50.3 Å². The summed E-state index contributed by atoms with van der Waals surface area (Å²) < 4.78 is 5.50. The van der Waals surface area contributed by atoms with E-state index < -0.39 is 0 Å². The lowest BCUT2D eigenvalue weighted by atomic mass is 9.69. The number of ether oxygens (including phenoxy) is 1. The van der Waals surface area contributed by atoms with Crippen LogP contribution < -0.4 is 10.6 Å². The molecule has 4 heteroatoms. The third-order valence-corrected chi connectivity index (χ3v) is 7.44. The summed E-state index contributed by atoms with van der Waals surface area (Å²) in [7, 11) is 0. The van der Waals surface area contributed by atoms with Crippen LogP contribution in [-0.4, -0.2) is 43.7 Å². The van der Waals surface area contributed by atoms with E-state index in [9.17, 15) is 4.79 Å². The first-order chi connectivity index (χ1) is 14.1. The fourth-order valence-electron chi connectivity index (χ4n) is 5.57. The lowest BCUT2D eigenvalue weighted by molar-refractivity contribution is -0.133. The smallest absolute Gasteiger partial charge is 0.156 e. The molecule has 4 nitrogen and oxygen atoms in total. The summed E-state index contributed by atoms with van der Waals surface area (Å²) in [5.41, 5.74) is 2.34. The van der Waals surface area contributed by atoms with Crippen molar-refractivity contribution in [1.82, 2.24) is 10.6 Å². The van der Waals surface area contributed by atoms with Gasteiger partial charge >= 0.3 is 0 Å². The molecule has 1 unspecified atom stereocenters. The van der Waals surface area contributed by atoms with Gasteiger partial charge in [-0.25, -0.2) is 0 Å². The van der Waals surface area contributed by atoms with Crippen molar-refractivity contribution in [2.24, 2.45) is 11.3 Å². The highest BCUT2D eigenvalue weighted by Crippen LogP contribution is 2.47. The highest BCUT2D eigenvalue weighted by molar-refractivity contribution is 5.92. The summed E-state index contributed by atoms with van der Waals surface area (Å²) in [5, 5.41) is 7.36. The number of carbonyl (C=O) groups is 1. The van der Waals surface area contributed by atoms with Crippen LogP contribution in [-0.2, 0) is 9.53 Å². The molecule has 2 N–H and O–H groups in total. The van der Waals surface area contributed by atoms with Crippen LogP contribution in [0.25, 0.3) is 5.57 Å². The number of carbonyl (C=O) groups excluding carboxylic acids is 1. The molecular weight excluding hydrogens is 360 g/mol. The Morgan fingerprint density at radius 1 is 1.14 bits per heavy atom. The zero-order valence-electron chi connectivity index (χ0n) is 18.0. The lowest BCUT2D eigenvalue weighted by Crippen LogP contribution is -2.50. The van der Waals surface area contributed by atoms with Crippen LogP contribution >= 0.6 is 0 Å². The van der Waals surface area contributed by atoms with Crippen LogP contribution in [0.5, 0.6) is 0 Å². The second-order valence-corrected chi connectivity index (χ2v) is 9.43. The van der Waals surface area contributed by atoms with Gasteiger partial charge in [0, 0.05) is 37.3 Å². The van der Waals surface area contributed by atoms with Crippen molar-refractivity contribution in [2.45, 2.75) is 70.5 Å². The van der Waals surface area contributed by atoms with E-state index in [2.05, 4.69) is 54.8 Å². The Kier molecular flexibility index (Phi) is 6.53. The number of nitrogens with one attached hydrogen (secondary N) is 2. The second-order valence-electron chi connectivity index (χ2n) is 9.43. The normalized spacial score (nSPS) is 31.1. The minimum absolute atomic E-state index is 0.0700. The van der Waals surface area contributed by atoms with Crippen molar-refractivity contribution in [2.75, 3.05) is 19.8 Å². The van der Waals surface area contributed by atoms with Gasteiger partial charge in [0.1, 0.15) is 0 Å². The molecular formula is C25H36N2O2. The van der Waals surface area contributed by atoms with Crippen LogP contribution in [0.3, 0.4) is 0 Å². The largest absolute Gasteiger partial charge is 0.381 e. The van der Waals surface area contributed by atoms with Crippen molar-refractivity contribution in [1.29, 1.82) is 0 Å². The molecule has 2 heterocycles. The van der Waals surface area contributed by atoms with Gasteiger partial charge in [-0.15, -0.1) is 0 Å². The van der Waals surface area contributed by atoms with Crippen LogP contribution in [0, 0.1) is 11.3 Å². The minimum atomic E-state index is -0.209. The number of rotatable bonds is 6. The standard InChI is InChI=1S/C25H36N2O2/c1-18(2)25(12-8-22(17-25)27-21-10-14-29-15-11-21)24(28)23-16-20(9-13-26-23)19-6-4-3-5-7-19/h3-7,9,18,21-23,26-27H,8,10-17H2,1-2H3/t22-,23?,25+/m1/s1. The van der Waals surface area contributed by atoms with E-state index in [0.29, 0.717) is 23.8 Å². The van der Waals surface area contributed by atoms with Gasteiger partial charge in [0.2, 0.25) is 0 Å². The van der Waals surface area contributed by atoms with Crippen LogP contribution in [0.1, 0.15) is 57.9 Å². The molecule has 29 heavy (non-hydrogen) atoms. The SMILES string of the molecule is CC(C)[C@]1(C(=O)C2CC(c3ccccc3)=CCN2)CC[C@@H](NC2CCOCC2)C1. The van der Waals surface area contributed by atoms with Crippen molar-refractivity contribution in [3.05, 3.63) is 42.0 Å². The summed E-state index contributed by atoms with van der Waals surface area (Å²) in [4.78, 5) is 13.8. The Bertz CT molecular complexity index is 724. The third-order valence-electron chi connectivity index (χ3n) is 7.44. The van der Waals surface area contributed by atoms with E-state index in [1.54, 1.807) is 0 Å². The molecule has 0 amide bonds. The summed E-state index contributed by atoms with van der Waals surface area (Å²) >= 11 is 0. The molecule has 3 aliphatic rings. The molecule has 0 bridgehead atoms. The van der Waals surface area contributed by atoms with Gasteiger partial charge in [-0.05, 0) is 55.6 Å². The molecule has 0 aromatic heterocycles. The molecule has 0 spiro atoms. The predicted molar refractivity (Wildman–Crippen MR) is 118 cm³/mol. The van der Waals surface area contributed by atoms with Gasteiger partial charge in [0.05, 0.1) is 6.04 Å². The van der Waals surface area contributed by atoms with E-state index in [1.165, 1.54) is 11.1 Å². The quantitative estimate of drug-likeness (QED) is 0.764. The Morgan fingerprint density at radius 2 is 1.90 bits per heavy atom. The van der Waals surface area contributed by atoms with Crippen LogP contribution in [0.2, 0.25) is 0 Å². The zero-order valence-corrected chi connectivity index (χ0v) is 18.0. The maximum absolute atomic E-state index is 13.8. The van der Waals surface area contributed by atoms with Crippen molar-refractivity contribution >= 4 is 11.4 Å². The minimum Gasteiger partial charge on any atom is -0.381 e. The first-order valence-electron chi connectivity index (χ1n) is 11.4. The summed E-state index contributed by atoms with van der Waals surface area (Å²) in [6, 6.07) is 11.4. The number of hydrogen-bond acceptors (Lipinski definition) is 4. The lowest BCUT2D eigenvalue weighted by Gasteiger charge is -2.37. The summed E-state index contributed by atoms with van der Waals surface area (Å²) in [6.45, 7) is 6.98. The van der Waals surface area contributed by atoms with E-state index >= 15 is 0 Å². The van der Waals surface area contributed by atoms with Crippen molar-refractivity contribution in [3.63, 3.8) is 0 Å². The summed E-state index contributed by atoms with van der Waals surface area (Å²) in [5.74, 6) is 0.801. The van der Waals surface area contributed by atoms with Crippen molar-refractivity contribution in [3.8, 4) is 0 Å². The molecule has 1 saturated heterocycles. The second kappa shape index (κ2) is 9.11. The number of Topliss-reactive ketones (excluding diaryl/α,β-unsaturated/α-hetero) is 1. The fourth-order valence-corrected chi connectivity index (χ4v) is 5.57. The molecule has 3 atom stereocenters. The molecule has 1 aromatic carbocycles. The zero-order chi connectivity index (χ0) is 20.3. The van der Waals surface area contributed by atoms with Crippen LogP contribution in [0.4, 0.5) is 0 Å². The maximum atomic E-state index is 13.8. The average Bonchev–Trinajstić information content (AvgIpc) is 3.20. The Hall–Kier alpha value is -1.49. The maximum Gasteiger partial charge on any atom is 0.156 e. The van der Waals surface area contributed by atoms with Crippen molar-refractivity contribution < 1.29 is 9.53 Å². The monoisotopic (exact) mass is 396 g/mol. The molecule has 0 radical (unpaired) electrons. The molecule has 1 saturated carbocycles. The highest BCUT2D eigenvalue weighted by atomic mass is 16.5. The van der Waals surface area contributed by atoms with E-state index in [0.717, 1.165) is 58.3 Å². The molecule has 158 valence electrons. The van der Waals surface area contributed by atoms with Gasteiger partial charge < -0.3 is 15.4 Å². The highest BCUT2D eigenvalue weighted by Gasteiger charge is 2.49. The fraction of sp³-hybridized carbons (Fsp3) is 0.640. The molecule has 2 fully saturated rings. The molecule has 1 aliphatic carbocycles. The molecule has 2 aliphatic heterocycles. The van der Waals surface area contributed by atoms with Gasteiger partial charge in [-0.3, -0.25) is 4.79 Å². The predicted octanol–water partition coefficient (Wildman–Crippen LogP) is 3.96. The number of hydrogen-bond donors (Lipinski definition) is 2. The Balaban J connectivity index is 1.44. The van der Waals surface area contributed by atoms with E-state index in [-0.39, 0.29) is 11.5 Å². The number of ketones is 1. The third kappa shape index (κ3) is 4.50. The molecule has 1 aromatic rings. The van der Waals surface area contributed by atoms with Gasteiger partial charge in [-0.2, -0.15) is 0 Å². The molecule has 4 rings (SSSR count). The van der Waals surface area contributed by atoms with E-state index in [4.69, 9.17) is 4.74 Å². The Labute approximate surface area is 175 Å². The summed E-state index contributed by atoms with van der Waals surface area (Å²) in [6.07, 6.45) is 8.31. The Morgan fingerprint density at radius 3 is 2.62 bits per heavy atom. The van der Waals surface area contributed by atoms with E-state index in [1.807, 2.05) is 6.07 Å². The van der Waals surface area contributed by atoms with Gasteiger partial charge in [0.25, 0.3) is 0 Å². The first kappa shape index (κ1) is 20.8. The van der Waals surface area contributed by atoms with Crippen LogP contribution in [0.15, 0.2) is 36.4 Å². The topological polar surface area (TPSA) is 50.4 Å². The van der Waals surface area contributed by atoms with Gasteiger partial charge in [0.15, 0.2) is 5.78 Å². The number of benzene rings is 1.